The van der Waals surface area contributed by atoms with Crippen LogP contribution in [0.1, 0.15) is 25.8 Å². The Hall–Kier alpha value is -1.12. The second kappa shape index (κ2) is 10.8. The van der Waals surface area contributed by atoms with Gasteiger partial charge in [-0.2, -0.15) is 0 Å². The third-order valence-electron chi connectivity index (χ3n) is 3.68. The molecule has 0 atom stereocenters. The minimum absolute atomic E-state index is 0.492. The number of hydrogen-bond donors (Lipinski definition) is 1. The Labute approximate surface area is 160 Å². The van der Waals surface area contributed by atoms with E-state index in [1.54, 1.807) is 0 Å². The smallest absolute Gasteiger partial charge is 0.211 e. The number of halogens is 1. The van der Waals surface area contributed by atoms with Gasteiger partial charge < -0.3 is 10.2 Å². The van der Waals surface area contributed by atoms with Gasteiger partial charge in [0.1, 0.15) is 0 Å². The predicted octanol–water partition coefficient (Wildman–Crippen LogP) is 2.52. The Bertz CT molecular complexity index is 647. The van der Waals surface area contributed by atoms with Crippen molar-refractivity contribution in [1.29, 1.82) is 0 Å². The van der Waals surface area contributed by atoms with Crippen LogP contribution in [0.5, 0.6) is 0 Å². The summed E-state index contributed by atoms with van der Waals surface area (Å²) in [5, 5.41) is 3.28. The molecule has 0 aliphatic heterocycles. The average molecular weight is 433 g/mol. The van der Waals surface area contributed by atoms with Gasteiger partial charge >= 0.3 is 0 Å². The third kappa shape index (κ3) is 8.20. The van der Waals surface area contributed by atoms with E-state index in [4.69, 9.17) is 0 Å². The zero-order chi connectivity index (χ0) is 18.9. The molecule has 0 fully saturated rings. The molecule has 0 spiro atoms. The van der Waals surface area contributed by atoms with Crippen LogP contribution in [0.2, 0.25) is 0 Å². The van der Waals surface area contributed by atoms with E-state index in [-0.39, 0.29) is 0 Å². The Balaban J connectivity index is 2.61. The Morgan fingerprint density at radius 3 is 2.40 bits per heavy atom. The van der Waals surface area contributed by atoms with Crippen LogP contribution in [0.15, 0.2) is 33.7 Å². The summed E-state index contributed by atoms with van der Waals surface area (Å²) in [7, 11) is -1.13. The number of hydrogen-bond acceptors (Lipinski definition) is 3. The highest BCUT2D eigenvalue weighted by Gasteiger charge is 2.13. The van der Waals surface area contributed by atoms with E-state index in [0.717, 1.165) is 23.5 Å². The lowest BCUT2D eigenvalue weighted by molar-refractivity contribution is 0.425. The number of benzene rings is 1. The fraction of sp³-hybridized carbons (Fsp3) is 0.588. The van der Waals surface area contributed by atoms with Gasteiger partial charge in [0.15, 0.2) is 5.96 Å². The van der Waals surface area contributed by atoms with Crippen LogP contribution < -0.4 is 5.32 Å². The van der Waals surface area contributed by atoms with Crippen molar-refractivity contribution in [1.82, 2.24) is 14.5 Å². The van der Waals surface area contributed by atoms with Crippen molar-refractivity contribution < 1.29 is 8.42 Å². The van der Waals surface area contributed by atoms with Crippen LogP contribution in [-0.4, -0.2) is 63.1 Å². The highest BCUT2D eigenvalue weighted by molar-refractivity contribution is 9.10. The standard InChI is InChI=1S/C17H29BrN4O2S/c1-5-19-17(20-12-7-13-22(6-2)25(4,23)24)21(3)14-15-8-10-16(18)11-9-15/h8-11H,5-7,12-14H2,1-4H3,(H,19,20). The predicted molar refractivity (Wildman–Crippen MR) is 108 cm³/mol. The van der Waals surface area contributed by atoms with Gasteiger partial charge in [-0.05, 0) is 31.0 Å². The first kappa shape index (κ1) is 21.9. The largest absolute Gasteiger partial charge is 0.357 e. The summed E-state index contributed by atoms with van der Waals surface area (Å²) < 4.78 is 25.7. The van der Waals surface area contributed by atoms with Gasteiger partial charge in [0.05, 0.1) is 6.26 Å². The summed E-state index contributed by atoms with van der Waals surface area (Å²) in [6.07, 6.45) is 1.94. The molecule has 1 N–H and O–H groups in total. The second-order valence-electron chi connectivity index (χ2n) is 5.83. The van der Waals surface area contributed by atoms with Gasteiger partial charge in [-0.25, -0.2) is 12.7 Å². The van der Waals surface area contributed by atoms with Crippen LogP contribution in [0.25, 0.3) is 0 Å². The van der Waals surface area contributed by atoms with Crippen molar-refractivity contribution >= 4 is 31.9 Å². The molecule has 0 unspecified atom stereocenters. The van der Waals surface area contributed by atoms with Gasteiger partial charge in [-0.1, -0.05) is 35.0 Å². The molecule has 0 saturated carbocycles. The van der Waals surface area contributed by atoms with E-state index >= 15 is 0 Å². The summed E-state index contributed by atoms with van der Waals surface area (Å²) in [5.74, 6) is 0.827. The normalized spacial score (nSPS) is 12.5. The molecule has 142 valence electrons. The molecule has 0 heterocycles. The lowest BCUT2D eigenvalue weighted by Gasteiger charge is -2.22. The first-order valence-electron chi connectivity index (χ1n) is 8.47. The molecule has 0 bridgehead atoms. The molecule has 0 aliphatic carbocycles. The van der Waals surface area contributed by atoms with Crippen molar-refractivity contribution in [3.8, 4) is 0 Å². The molecule has 6 nitrogen and oxygen atoms in total. The first-order chi connectivity index (χ1) is 11.8. The number of nitrogens with one attached hydrogen (secondary N) is 1. The Kier molecular flexibility index (Phi) is 9.45. The van der Waals surface area contributed by atoms with Gasteiger partial charge in [-0.15, -0.1) is 0 Å². The lowest BCUT2D eigenvalue weighted by Crippen LogP contribution is -2.38. The van der Waals surface area contributed by atoms with Crippen molar-refractivity contribution in [2.24, 2.45) is 4.99 Å². The fourth-order valence-corrected chi connectivity index (χ4v) is 3.59. The number of guanidine groups is 1. The molecule has 0 aliphatic rings. The van der Waals surface area contributed by atoms with Gasteiger partial charge in [0.2, 0.25) is 10.0 Å². The summed E-state index contributed by atoms with van der Waals surface area (Å²) in [5.41, 5.74) is 1.20. The fourth-order valence-electron chi connectivity index (χ4n) is 2.40. The van der Waals surface area contributed by atoms with E-state index in [9.17, 15) is 8.42 Å². The molecule has 1 aromatic rings. The highest BCUT2D eigenvalue weighted by atomic mass is 79.9. The van der Waals surface area contributed by atoms with Crippen LogP contribution >= 0.6 is 15.9 Å². The van der Waals surface area contributed by atoms with Gasteiger partial charge in [0, 0.05) is 44.2 Å². The van der Waals surface area contributed by atoms with Crippen molar-refractivity contribution in [3.63, 3.8) is 0 Å². The summed E-state index contributed by atoms with van der Waals surface area (Å²) in [6, 6.07) is 8.21. The molecule has 25 heavy (non-hydrogen) atoms. The van der Waals surface area contributed by atoms with Gasteiger partial charge in [-0.3, -0.25) is 4.99 Å². The first-order valence-corrected chi connectivity index (χ1v) is 11.1. The highest BCUT2D eigenvalue weighted by Crippen LogP contribution is 2.11. The molecule has 0 radical (unpaired) electrons. The van der Waals surface area contributed by atoms with Crippen molar-refractivity contribution in [2.45, 2.75) is 26.8 Å². The molecule has 8 heteroatoms. The van der Waals surface area contributed by atoms with Crippen LogP contribution in [-0.2, 0) is 16.6 Å². The minimum atomic E-state index is -3.13. The number of nitrogens with zero attached hydrogens (tertiary/aromatic N) is 3. The van der Waals surface area contributed by atoms with E-state index in [2.05, 4.69) is 43.3 Å². The maximum absolute atomic E-state index is 11.6. The maximum atomic E-state index is 11.6. The van der Waals surface area contributed by atoms with E-state index in [0.29, 0.717) is 26.1 Å². The van der Waals surface area contributed by atoms with Crippen LogP contribution in [0, 0.1) is 0 Å². The number of aliphatic imine (C=N–C) groups is 1. The van der Waals surface area contributed by atoms with Crippen molar-refractivity contribution in [2.75, 3.05) is 39.5 Å². The van der Waals surface area contributed by atoms with Crippen molar-refractivity contribution in [3.05, 3.63) is 34.3 Å². The molecular weight excluding hydrogens is 404 g/mol. The van der Waals surface area contributed by atoms with Crippen LogP contribution in [0.3, 0.4) is 0 Å². The average Bonchev–Trinajstić information content (AvgIpc) is 2.54. The zero-order valence-electron chi connectivity index (χ0n) is 15.5. The van der Waals surface area contributed by atoms with E-state index < -0.39 is 10.0 Å². The van der Waals surface area contributed by atoms with E-state index in [1.807, 2.05) is 33.0 Å². The topological polar surface area (TPSA) is 65.0 Å². The SMILES string of the molecule is CCNC(=NCCCN(CC)S(C)(=O)=O)N(C)Cc1ccc(Br)cc1. The Morgan fingerprint density at radius 2 is 1.88 bits per heavy atom. The maximum Gasteiger partial charge on any atom is 0.211 e. The van der Waals surface area contributed by atoms with Crippen LogP contribution in [0.4, 0.5) is 0 Å². The number of rotatable bonds is 9. The minimum Gasteiger partial charge on any atom is -0.357 e. The quantitative estimate of drug-likeness (QED) is 0.369. The lowest BCUT2D eigenvalue weighted by atomic mass is 10.2. The van der Waals surface area contributed by atoms with Gasteiger partial charge in [0.25, 0.3) is 0 Å². The second-order valence-corrected chi connectivity index (χ2v) is 8.72. The monoisotopic (exact) mass is 432 g/mol. The summed E-state index contributed by atoms with van der Waals surface area (Å²) >= 11 is 3.44. The Morgan fingerprint density at radius 1 is 1.24 bits per heavy atom. The molecule has 0 saturated heterocycles. The summed E-state index contributed by atoms with van der Waals surface area (Å²) in [4.78, 5) is 6.69. The zero-order valence-corrected chi connectivity index (χ0v) is 17.9. The molecule has 1 aromatic carbocycles. The summed E-state index contributed by atoms with van der Waals surface area (Å²) in [6.45, 7) is 6.99. The van der Waals surface area contributed by atoms with E-state index in [1.165, 1.54) is 16.1 Å². The molecular formula is C17H29BrN4O2S. The molecule has 0 amide bonds. The third-order valence-corrected chi connectivity index (χ3v) is 5.59. The molecule has 0 aromatic heterocycles. The number of sulfonamides is 1. The molecule has 1 rings (SSSR count).